The fourth-order valence-corrected chi connectivity index (χ4v) is 2.71. The molecule has 0 saturated heterocycles. The minimum Gasteiger partial charge on any atom is -0.409 e. The molecule has 0 fully saturated rings. The lowest BCUT2D eigenvalue weighted by Crippen LogP contribution is -2.42. The van der Waals surface area contributed by atoms with Gasteiger partial charge in [-0.1, -0.05) is 20.8 Å². The van der Waals surface area contributed by atoms with E-state index in [1.54, 1.807) is 6.07 Å². The van der Waals surface area contributed by atoms with Crippen molar-refractivity contribution >= 4 is 14.4 Å². The van der Waals surface area contributed by atoms with E-state index >= 15 is 0 Å². The summed E-state index contributed by atoms with van der Waals surface area (Å²) in [6.07, 6.45) is -0.296. The Labute approximate surface area is 125 Å². The van der Waals surface area contributed by atoms with Crippen LogP contribution in [0.1, 0.15) is 32.6 Å². The molecule has 0 aromatic carbocycles. The minimum atomic E-state index is -2.10. The van der Waals surface area contributed by atoms with Crippen LogP contribution in [-0.4, -0.2) is 26.1 Å². The topological polar surface area (TPSA) is 74.4 Å². The third kappa shape index (κ3) is 4.78. The maximum absolute atomic E-state index is 13.3. The Morgan fingerprint density at radius 3 is 2.43 bits per heavy atom. The van der Waals surface area contributed by atoms with Gasteiger partial charge < -0.3 is 14.9 Å². The van der Waals surface area contributed by atoms with E-state index in [1.807, 2.05) is 0 Å². The molecule has 1 unspecified atom stereocenters. The van der Waals surface area contributed by atoms with Crippen LogP contribution in [0.15, 0.2) is 18.3 Å². The van der Waals surface area contributed by atoms with Crippen molar-refractivity contribution in [2.24, 2.45) is 5.73 Å². The molecule has 0 spiro atoms. The summed E-state index contributed by atoms with van der Waals surface area (Å²) in [5.41, 5.74) is 5.38. The number of primary amides is 1. The van der Waals surface area contributed by atoms with Crippen LogP contribution >= 0.6 is 0 Å². The van der Waals surface area contributed by atoms with E-state index in [9.17, 15) is 9.18 Å². The fourth-order valence-electron chi connectivity index (χ4n) is 1.46. The summed E-state index contributed by atoms with van der Waals surface area (Å²) in [5.74, 6) is 0.219. The molecule has 21 heavy (non-hydrogen) atoms. The van der Waals surface area contributed by atoms with Gasteiger partial charge in [0.05, 0.1) is 11.9 Å². The first kappa shape index (κ1) is 17.6. The second-order valence-corrected chi connectivity index (χ2v) is 11.1. The molecule has 1 rings (SSSR count). The van der Waals surface area contributed by atoms with Gasteiger partial charge in [-0.3, -0.25) is 4.98 Å². The minimum absolute atomic E-state index is 0.0184. The molecule has 0 aliphatic heterocycles. The van der Waals surface area contributed by atoms with E-state index in [1.165, 1.54) is 12.3 Å². The number of nitrogens with zero attached hydrogens (tertiary/aromatic N) is 1. The monoisotopic (exact) mass is 314 g/mol. The van der Waals surface area contributed by atoms with Crippen molar-refractivity contribution in [3.8, 4) is 5.75 Å². The first-order chi connectivity index (χ1) is 9.56. The lowest BCUT2D eigenvalue weighted by molar-refractivity contribution is 0.145. The Kier molecular flexibility index (Phi) is 5.46. The van der Waals surface area contributed by atoms with Crippen LogP contribution in [0.3, 0.4) is 0 Å². The van der Waals surface area contributed by atoms with E-state index in [0.29, 0.717) is 5.69 Å². The van der Waals surface area contributed by atoms with E-state index in [0.717, 1.165) is 0 Å². The van der Waals surface area contributed by atoms with Gasteiger partial charge in [-0.05, 0) is 30.3 Å². The maximum atomic E-state index is 13.3. The Hall–Kier alpha value is -1.47. The summed E-state index contributed by atoms with van der Waals surface area (Å²) in [6.45, 7) is 9.72. The Bertz CT molecular complexity index is 486. The van der Waals surface area contributed by atoms with Crippen LogP contribution < -0.4 is 10.5 Å². The number of hydrogen-bond donors (Lipinski definition) is 1. The van der Waals surface area contributed by atoms with Crippen LogP contribution in [0, 0.1) is 0 Å². The summed E-state index contributed by atoms with van der Waals surface area (Å²) in [6, 6.07) is 3.10. The number of halogens is 1. The highest BCUT2D eigenvalue weighted by molar-refractivity contribution is 6.74. The van der Waals surface area contributed by atoms with Gasteiger partial charge in [0, 0.05) is 0 Å². The first-order valence-electron chi connectivity index (χ1n) is 6.74. The molecule has 0 saturated carbocycles. The van der Waals surface area contributed by atoms with Crippen LogP contribution in [0.25, 0.3) is 0 Å². The summed E-state index contributed by atoms with van der Waals surface area (Å²) in [4.78, 5) is 14.7. The molecule has 1 amide bonds. The normalized spacial score (nSPS) is 13.8. The van der Waals surface area contributed by atoms with Gasteiger partial charge in [0.1, 0.15) is 12.8 Å². The predicted octanol–water partition coefficient (Wildman–Crippen LogP) is 3.57. The number of aromatic nitrogens is 1. The van der Waals surface area contributed by atoms with Crippen molar-refractivity contribution in [3.05, 3.63) is 24.0 Å². The number of ether oxygens (including phenoxy) is 1. The van der Waals surface area contributed by atoms with E-state index in [2.05, 4.69) is 43.6 Å². The lowest BCUT2D eigenvalue weighted by atomic mass is 10.2. The average Bonchev–Trinajstić information content (AvgIpc) is 2.35. The smallest absolute Gasteiger partial charge is 0.409 e. The van der Waals surface area contributed by atoms with Crippen molar-refractivity contribution in [2.45, 2.75) is 45.0 Å². The van der Waals surface area contributed by atoms with Gasteiger partial charge >= 0.3 is 6.09 Å². The molecule has 0 aliphatic rings. The highest BCUT2D eigenvalue weighted by Gasteiger charge is 2.39. The highest BCUT2D eigenvalue weighted by Crippen LogP contribution is 2.39. The Morgan fingerprint density at radius 2 is 2.05 bits per heavy atom. The number of carbonyl (C=O) groups is 1. The predicted molar refractivity (Wildman–Crippen MR) is 81.4 cm³/mol. The Morgan fingerprint density at radius 1 is 1.43 bits per heavy atom. The summed E-state index contributed by atoms with van der Waals surface area (Å²) in [5, 5.41) is -0.0184. The Balaban J connectivity index is 2.88. The molecule has 0 radical (unpaired) electrons. The molecule has 0 aliphatic carbocycles. The zero-order valence-corrected chi connectivity index (χ0v) is 14.1. The van der Waals surface area contributed by atoms with E-state index < -0.39 is 27.2 Å². The molecule has 0 bridgehead atoms. The van der Waals surface area contributed by atoms with Gasteiger partial charge in [0.15, 0.2) is 14.1 Å². The number of carbonyl (C=O) groups excluding carboxylic acids is 1. The number of rotatable bonds is 5. The number of hydrogen-bond acceptors (Lipinski definition) is 4. The van der Waals surface area contributed by atoms with Gasteiger partial charge in [0.25, 0.3) is 0 Å². The van der Waals surface area contributed by atoms with Gasteiger partial charge in [0.2, 0.25) is 0 Å². The molecule has 2 N–H and O–H groups in total. The molecule has 1 aromatic heterocycles. The number of alkyl halides is 1. The first-order valence-corrected chi connectivity index (χ1v) is 9.64. The third-order valence-electron chi connectivity index (χ3n) is 3.69. The zero-order valence-electron chi connectivity index (χ0n) is 13.1. The average molecular weight is 314 g/mol. The van der Waals surface area contributed by atoms with Crippen molar-refractivity contribution in [3.63, 3.8) is 0 Å². The molecular weight excluding hydrogens is 291 g/mol. The van der Waals surface area contributed by atoms with Crippen molar-refractivity contribution in [1.82, 2.24) is 4.98 Å². The fraction of sp³-hybridized carbons (Fsp3) is 0.571. The second-order valence-electron chi connectivity index (χ2n) is 6.36. The van der Waals surface area contributed by atoms with Crippen LogP contribution in [0.5, 0.6) is 5.75 Å². The molecular formula is C14H23FN2O3Si. The van der Waals surface area contributed by atoms with E-state index in [-0.39, 0.29) is 10.8 Å². The summed E-state index contributed by atoms with van der Waals surface area (Å²) < 4.78 is 24.0. The van der Waals surface area contributed by atoms with E-state index in [4.69, 9.17) is 10.2 Å². The molecule has 5 nitrogen and oxygen atoms in total. The number of amides is 1. The number of pyridine rings is 1. The maximum Gasteiger partial charge on any atom is 0.410 e. The highest BCUT2D eigenvalue weighted by atomic mass is 28.4. The SMILES string of the molecule is CC(C)(C)[Si](C)(C)OC(CF)c1ccc(OC(N)=O)cn1. The number of nitrogens with two attached hydrogens (primary N) is 1. The molecule has 118 valence electrons. The van der Waals surface area contributed by atoms with Gasteiger partial charge in [-0.15, -0.1) is 0 Å². The zero-order chi connectivity index (χ0) is 16.3. The van der Waals surface area contributed by atoms with Crippen molar-refractivity contribution < 1.29 is 18.3 Å². The third-order valence-corrected chi connectivity index (χ3v) is 8.18. The molecule has 1 heterocycles. The quantitative estimate of drug-likeness (QED) is 0.843. The van der Waals surface area contributed by atoms with Gasteiger partial charge in [-0.2, -0.15) is 0 Å². The van der Waals surface area contributed by atoms with Crippen LogP contribution in [0.4, 0.5) is 9.18 Å². The van der Waals surface area contributed by atoms with Gasteiger partial charge in [-0.25, -0.2) is 9.18 Å². The molecule has 7 heteroatoms. The lowest BCUT2D eigenvalue weighted by Gasteiger charge is -2.38. The standard InChI is InChI=1S/C14H23FN2O3Si/c1-14(2,3)21(4,5)20-12(8-15)11-7-6-10(9-17-11)19-13(16)18/h6-7,9,12H,8H2,1-5H3,(H2,16,18). The summed E-state index contributed by atoms with van der Waals surface area (Å²) in [7, 11) is -2.10. The molecule has 1 atom stereocenters. The van der Waals surface area contributed by atoms with Crippen molar-refractivity contribution in [2.75, 3.05) is 6.67 Å². The van der Waals surface area contributed by atoms with Crippen molar-refractivity contribution in [1.29, 1.82) is 0 Å². The summed E-state index contributed by atoms with van der Waals surface area (Å²) >= 11 is 0. The van der Waals surface area contributed by atoms with Crippen LogP contribution in [0.2, 0.25) is 18.1 Å². The van der Waals surface area contributed by atoms with Crippen LogP contribution in [-0.2, 0) is 4.43 Å². The largest absolute Gasteiger partial charge is 0.410 e. The second kappa shape index (κ2) is 6.53. The molecule has 1 aromatic rings.